The minimum atomic E-state index is -0.447. The number of benzene rings is 1. The van der Waals surface area contributed by atoms with E-state index < -0.39 is 5.82 Å². The molecule has 0 atom stereocenters. The second-order valence-electron chi connectivity index (χ2n) is 4.23. The van der Waals surface area contributed by atoms with Gasteiger partial charge in [0.05, 0.1) is 5.56 Å². The first-order valence-corrected chi connectivity index (χ1v) is 6.66. The van der Waals surface area contributed by atoms with Crippen LogP contribution in [0, 0.1) is 9.39 Å². The molecule has 0 unspecified atom stereocenters. The Balaban J connectivity index is 0.00000162. The zero-order valence-corrected chi connectivity index (χ0v) is 12.7. The van der Waals surface area contributed by atoms with E-state index in [0.29, 0.717) is 16.7 Å². The van der Waals surface area contributed by atoms with Gasteiger partial charge in [-0.25, -0.2) is 4.39 Å². The molecule has 0 spiro atoms. The number of nitrogens with zero attached hydrogens (tertiary/aromatic N) is 1. The molecule has 1 saturated heterocycles. The lowest BCUT2D eigenvalue weighted by Gasteiger charge is -2.30. The lowest BCUT2D eigenvalue weighted by Crippen LogP contribution is -2.43. The number of hydrogen-bond donors (Lipinski definition) is 1. The van der Waals surface area contributed by atoms with Crippen LogP contribution in [0.1, 0.15) is 23.2 Å². The van der Waals surface area contributed by atoms with Crippen LogP contribution in [0.3, 0.4) is 0 Å². The number of piperidine rings is 1. The van der Waals surface area contributed by atoms with E-state index in [1.165, 1.54) is 6.07 Å². The molecule has 100 valence electrons. The number of carbonyl (C=O) groups is 1. The van der Waals surface area contributed by atoms with Gasteiger partial charge in [-0.2, -0.15) is 0 Å². The first-order valence-electron chi connectivity index (χ1n) is 5.58. The maximum atomic E-state index is 13.7. The van der Waals surface area contributed by atoms with Crippen molar-refractivity contribution in [2.45, 2.75) is 18.9 Å². The SMILES string of the molecule is Cl.NC1CCN(C(=O)c2c(F)cccc2I)CC1. The first kappa shape index (κ1) is 15.7. The molecular weight excluding hydrogens is 370 g/mol. The van der Waals surface area contributed by atoms with Gasteiger partial charge in [-0.3, -0.25) is 4.79 Å². The summed E-state index contributed by atoms with van der Waals surface area (Å²) in [5.41, 5.74) is 5.97. The molecule has 0 radical (unpaired) electrons. The predicted octanol–water partition coefficient (Wildman–Crippen LogP) is 2.42. The summed E-state index contributed by atoms with van der Waals surface area (Å²) in [5.74, 6) is -0.670. The third-order valence-corrected chi connectivity index (χ3v) is 3.90. The van der Waals surface area contributed by atoms with Crippen molar-refractivity contribution in [3.63, 3.8) is 0 Å². The highest BCUT2D eigenvalue weighted by Crippen LogP contribution is 2.20. The van der Waals surface area contributed by atoms with E-state index in [-0.39, 0.29) is 29.9 Å². The minimum absolute atomic E-state index is 0. The van der Waals surface area contributed by atoms with Crippen molar-refractivity contribution in [1.29, 1.82) is 0 Å². The number of hydrogen-bond acceptors (Lipinski definition) is 2. The Hall–Kier alpha value is -0.400. The van der Waals surface area contributed by atoms with E-state index in [4.69, 9.17) is 5.73 Å². The summed E-state index contributed by atoms with van der Waals surface area (Å²) in [4.78, 5) is 13.9. The van der Waals surface area contributed by atoms with E-state index in [1.807, 2.05) is 22.6 Å². The van der Waals surface area contributed by atoms with Crippen molar-refractivity contribution < 1.29 is 9.18 Å². The Morgan fingerprint density at radius 3 is 2.56 bits per heavy atom. The quantitative estimate of drug-likeness (QED) is 0.756. The van der Waals surface area contributed by atoms with Crippen molar-refractivity contribution in [3.8, 4) is 0 Å². The van der Waals surface area contributed by atoms with Crippen LogP contribution in [0.2, 0.25) is 0 Å². The van der Waals surface area contributed by atoms with Gasteiger partial charge < -0.3 is 10.6 Å². The van der Waals surface area contributed by atoms with Gasteiger partial charge in [-0.1, -0.05) is 6.07 Å². The third kappa shape index (κ3) is 3.33. The molecule has 0 aliphatic carbocycles. The molecule has 0 aromatic heterocycles. The second kappa shape index (κ2) is 6.68. The molecular formula is C12H15ClFIN2O. The number of likely N-dealkylation sites (tertiary alicyclic amines) is 1. The highest BCUT2D eigenvalue weighted by molar-refractivity contribution is 14.1. The zero-order valence-electron chi connectivity index (χ0n) is 9.73. The molecule has 1 aromatic carbocycles. The van der Waals surface area contributed by atoms with Crippen LogP contribution in [0.15, 0.2) is 18.2 Å². The van der Waals surface area contributed by atoms with Gasteiger partial charge in [0.15, 0.2) is 0 Å². The summed E-state index contributed by atoms with van der Waals surface area (Å²) in [7, 11) is 0. The lowest BCUT2D eigenvalue weighted by atomic mass is 10.0. The molecule has 1 aliphatic heterocycles. The van der Waals surface area contributed by atoms with E-state index in [0.717, 1.165) is 12.8 Å². The fourth-order valence-corrected chi connectivity index (χ4v) is 2.66. The number of amides is 1. The van der Waals surface area contributed by atoms with Gasteiger partial charge in [-0.05, 0) is 47.6 Å². The highest BCUT2D eigenvalue weighted by Gasteiger charge is 2.25. The van der Waals surface area contributed by atoms with Crippen LogP contribution in [-0.4, -0.2) is 29.9 Å². The topological polar surface area (TPSA) is 46.3 Å². The van der Waals surface area contributed by atoms with E-state index in [9.17, 15) is 9.18 Å². The Kier molecular flexibility index (Phi) is 5.81. The van der Waals surface area contributed by atoms with Crippen LogP contribution >= 0.6 is 35.0 Å². The average molecular weight is 385 g/mol. The van der Waals surface area contributed by atoms with Crippen LogP contribution < -0.4 is 5.73 Å². The summed E-state index contributed by atoms with van der Waals surface area (Å²) in [5, 5.41) is 0. The summed E-state index contributed by atoms with van der Waals surface area (Å²) in [6, 6.07) is 4.84. The zero-order chi connectivity index (χ0) is 12.4. The number of rotatable bonds is 1. The molecule has 1 aromatic rings. The molecule has 2 N–H and O–H groups in total. The fourth-order valence-electron chi connectivity index (χ4n) is 1.96. The Bertz CT molecular complexity index is 416. The molecule has 1 aliphatic rings. The molecule has 1 fully saturated rings. The van der Waals surface area contributed by atoms with Crippen LogP contribution in [0.25, 0.3) is 0 Å². The standard InChI is InChI=1S/C12H14FIN2O.ClH/c13-9-2-1-3-10(14)11(9)12(17)16-6-4-8(15)5-7-16;/h1-3,8H,4-7,15H2;1H. The minimum Gasteiger partial charge on any atom is -0.338 e. The number of carbonyl (C=O) groups excluding carboxylic acids is 1. The normalized spacial score (nSPS) is 16.3. The van der Waals surface area contributed by atoms with Crippen molar-refractivity contribution in [2.24, 2.45) is 5.73 Å². The fraction of sp³-hybridized carbons (Fsp3) is 0.417. The largest absolute Gasteiger partial charge is 0.338 e. The number of nitrogens with two attached hydrogens (primary N) is 1. The highest BCUT2D eigenvalue weighted by atomic mass is 127. The van der Waals surface area contributed by atoms with Gasteiger partial charge >= 0.3 is 0 Å². The van der Waals surface area contributed by atoms with Gasteiger partial charge in [0.25, 0.3) is 5.91 Å². The Labute approximate surface area is 125 Å². The molecule has 3 nitrogen and oxygen atoms in total. The summed E-state index contributed by atoms with van der Waals surface area (Å²) in [6.07, 6.45) is 1.58. The second-order valence-corrected chi connectivity index (χ2v) is 5.39. The molecule has 6 heteroatoms. The van der Waals surface area contributed by atoms with Crippen molar-refractivity contribution in [3.05, 3.63) is 33.1 Å². The predicted molar refractivity (Wildman–Crippen MR) is 79.5 cm³/mol. The van der Waals surface area contributed by atoms with Crippen LogP contribution in [-0.2, 0) is 0 Å². The molecule has 0 bridgehead atoms. The van der Waals surface area contributed by atoms with Crippen molar-refractivity contribution >= 4 is 40.9 Å². The molecule has 1 heterocycles. The lowest BCUT2D eigenvalue weighted by molar-refractivity contribution is 0.0709. The Morgan fingerprint density at radius 2 is 2.00 bits per heavy atom. The summed E-state index contributed by atoms with van der Waals surface area (Å²) < 4.78 is 14.3. The van der Waals surface area contributed by atoms with Crippen molar-refractivity contribution in [2.75, 3.05) is 13.1 Å². The van der Waals surface area contributed by atoms with Gasteiger partial charge in [0, 0.05) is 22.7 Å². The maximum absolute atomic E-state index is 13.7. The third-order valence-electron chi connectivity index (χ3n) is 3.00. The van der Waals surface area contributed by atoms with Crippen LogP contribution in [0.4, 0.5) is 4.39 Å². The van der Waals surface area contributed by atoms with Gasteiger partial charge in [0.1, 0.15) is 5.82 Å². The van der Waals surface area contributed by atoms with E-state index in [1.54, 1.807) is 17.0 Å². The smallest absolute Gasteiger partial charge is 0.257 e. The van der Waals surface area contributed by atoms with Gasteiger partial charge in [-0.15, -0.1) is 12.4 Å². The summed E-state index contributed by atoms with van der Waals surface area (Å²) in [6.45, 7) is 1.23. The van der Waals surface area contributed by atoms with E-state index in [2.05, 4.69) is 0 Å². The van der Waals surface area contributed by atoms with E-state index >= 15 is 0 Å². The molecule has 2 rings (SSSR count). The monoisotopic (exact) mass is 384 g/mol. The molecule has 18 heavy (non-hydrogen) atoms. The molecule has 1 amide bonds. The van der Waals surface area contributed by atoms with Gasteiger partial charge in [0.2, 0.25) is 0 Å². The molecule has 0 saturated carbocycles. The Morgan fingerprint density at radius 1 is 1.39 bits per heavy atom. The van der Waals surface area contributed by atoms with Crippen molar-refractivity contribution in [1.82, 2.24) is 4.90 Å². The van der Waals surface area contributed by atoms with Crippen LogP contribution in [0.5, 0.6) is 0 Å². The summed E-state index contributed by atoms with van der Waals surface area (Å²) >= 11 is 1.99. The number of halogens is 3. The first-order chi connectivity index (χ1) is 8.09. The average Bonchev–Trinajstić information content (AvgIpc) is 2.29. The maximum Gasteiger partial charge on any atom is 0.257 e.